The molecule has 1 N–H and O–H groups in total. The second-order valence-electron chi connectivity index (χ2n) is 4.16. The van der Waals surface area contributed by atoms with Gasteiger partial charge in [-0.15, -0.1) is 0 Å². The van der Waals surface area contributed by atoms with Crippen LogP contribution in [-0.2, 0) is 14.8 Å². The fraction of sp³-hybridized carbons (Fsp3) is 0.417. The van der Waals surface area contributed by atoms with Gasteiger partial charge in [-0.2, -0.15) is 4.31 Å². The molecule has 0 bridgehead atoms. The summed E-state index contributed by atoms with van der Waals surface area (Å²) in [6, 6.07) is 5.86. The van der Waals surface area contributed by atoms with Crippen molar-refractivity contribution in [1.29, 1.82) is 0 Å². The molecule has 1 rings (SSSR count). The number of nitrogens with zero attached hydrogens (tertiary/aromatic N) is 1. The molecule has 0 saturated carbocycles. The van der Waals surface area contributed by atoms with Crippen LogP contribution in [0.4, 0.5) is 0 Å². The van der Waals surface area contributed by atoms with E-state index in [4.69, 9.17) is 5.11 Å². The lowest BCUT2D eigenvalue weighted by Gasteiger charge is -2.26. The van der Waals surface area contributed by atoms with E-state index in [-0.39, 0.29) is 10.9 Å². The molecule has 0 spiro atoms. The second-order valence-corrected chi connectivity index (χ2v) is 6.96. The van der Waals surface area contributed by atoms with E-state index in [1.54, 1.807) is 19.1 Å². The Kier molecular flexibility index (Phi) is 5.51. The highest BCUT2D eigenvalue weighted by Crippen LogP contribution is 2.22. The predicted molar refractivity (Wildman–Crippen MR) is 75.4 cm³/mol. The number of rotatable bonds is 6. The summed E-state index contributed by atoms with van der Waals surface area (Å²) in [6.45, 7) is 2.97. The molecule has 0 aliphatic carbocycles. The van der Waals surface area contributed by atoms with Crippen LogP contribution in [0, 0.1) is 0 Å². The Bertz CT molecular complexity index is 559. The van der Waals surface area contributed by atoms with Crippen molar-refractivity contribution in [2.45, 2.75) is 31.2 Å². The lowest BCUT2D eigenvalue weighted by Crippen LogP contribution is -2.41. The quantitative estimate of drug-likeness (QED) is 0.855. The first-order valence-electron chi connectivity index (χ1n) is 5.78. The van der Waals surface area contributed by atoms with Gasteiger partial charge in [0.2, 0.25) is 10.0 Å². The average molecular weight is 350 g/mol. The largest absolute Gasteiger partial charge is 0.480 e. The van der Waals surface area contributed by atoms with Gasteiger partial charge in [0.1, 0.15) is 6.54 Å². The fourth-order valence-corrected chi connectivity index (χ4v) is 3.83. The van der Waals surface area contributed by atoms with Gasteiger partial charge >= 0.3 is 5.97 Å². The number of carboxylic acids is 1. The Balaban J connectivity index is 3.23. The number of halogens is 1. The van der Waals surface area contributed by atoms with Gasteiger partial charge in [0.15, 0.2) is 0 Å². The summed E-state index contributed by atoms with van der Waals surface area (Å²) in [7, 11) is -3.81. The number of benzene rings is 1. The Morgan fingerprint density at radius 3 is 2.58 bits per heavy atom. The molecular weight excluding hydrogens is 334 g/mol. The summed E-state index contributed by atoms with van der Waals surface area (Å²) < 4.78 is 26.6. The van der Waals surface area contributed by atoms with Crippen LogP contribution < -0.4 is 0 Å². The van der Waals surface area contributed by atoms with Crippen molar-refractivity contribution in [2.24, 2.45) is 0 Å². The average Bonchev–Trinajstić information content (AvgIpc) is 2.34. The molecule has 0 aromatic heterocycles. The second kappa shape index (κ2) is 6.49. The standard InChI is InChI=1S/C12H16BrNO4S/c1-3-9(2)14(8-12(15)16)19(17,18)11-6-4-5-10(13)7-11/h4-7,9H,3,8H2,1-2H3,(H,15,16). The smallest absolute Gasteiger partial charge is 0.318 e. The predicted octanol–water partition coefficient (Wildman–Crippen LogP) is 2.32. The van der Waals surface area contributed by atoms with Crippen molar-refractivity contribution >= 4 is 31.9 Å². The number of carbonyl (C=O) groups is 1. The summed E-state index contributed by atoms with van der Waals surface area (Å²) in [4.78, 5) is 10.9. The molecule has 1 aromatic carbocycles. The van der Waals surface area contributed by atoms with E-state index in [9.17, 15) is 13.2 Å². The third-order valence-corrected chi connectivity index (χ3v) is 5.23. The van der Waals surface area contributed by atoms with Gasteiger partial charge in [-0.1, -0.05) is 28.9 Å². The Morgan fingerprint density at radius 1 is 1.47 bits per heavy atom. The normalized spacial score (nSPS) is 13.5. The van der Waals surface area contributed by atoms with E-state index in [0.29, 0.717) is 10.9 Å². The van der Waals surface area contributed by atoms with Gasteiger partial charge in [0.25, 0.3) is 0 Å². The summed E-state index contributed by atoms with van der Waals surface area (Å²) in [5.41, 5.74) is 0. The van der Waals surface area contributed by atoms with Gasteiger partial charge in [0.05, 0.1) is 4.90 Å². The monoisotopic (exact) mass is 349 g/mol. The maximum absolute atomic E-state index is 12.5. The number of hydrogen-bond acceptors (Lipinski definition) is 3. The minimum absolute atomic E-state index is 0.0865. The minimum Gasteiger partial charge on any atom is -0.480 e. The van der Waals surface area contributed by atoms with Crippen molar-refractivity contribution in [1.82, 2.24) is 4.31 Å². The molecule has 1 unspecified atom stereocenters. The van der Waals surface area contributed by atoms with Crippen molar-refractivity contribution in [3.05, 3.63) is 28.7 Å². The van der Waals surface area contributed by atoms with Crippen molar-refractivity contribution < 1.29 is 18.3 Å². The van der Waals surface area contributed by atoms with Gasteiger partial charge in [-0.25, -0.2) is 8.42 Å². The van der Waals surface area contributed by atoms with Gasteiger partial charge < -0.3 is 5.11 Å². The first-order valence-corrected chi connectivity index (χ1v) is 8.01. The fourth-order valence-electron chi connectivity index (χ4n) is 1.58. The topological polar surface area (TPSA) is 74.7 Å². The highest BCUT2D eigenvalue weighted by molar-refractivity contribution is 9.10. The molecular formula is C12H16BrNO4S. The summed E-state index contributed by atoms with van der Waals surface area (Å²) >= 11 is 3.21. The van der Waals surface area contributed by atoms with E-state index in [1.165, 1.54) is 12.1 Å². The number of carboxylic acid groups (broad SMARTS) is 1. The van der Waals surface area contributed by atoms with Crippen LogP contribution in [0.25, 0.3) is 0 Å². The summed E-state index contributed by atoms with van der Waals surface area (Å²) in [6.07, 6.45) is 0.542. The lowest BCUT2D eigenvalue weighted by molar-refractivity contribution is -0.137. The molecule has 0 fully saturated rings. The first-order chi connectivity index (χ1) is 8.78. The van der Waals surface area contributed by atoms with E-state index < -0.39 is 22.5 Å². The molecule has 5 nitrogen and oxygen atoms in total. The Labute approximate surface area is 121 Å². The highest BCUT2D eigenvalue weighted by atomic mass is 79.9. The van der Waals surface area contributed by atoms with Gasteiger partial charge in [-0.05, 0) is 31.5 Å². The SMILES string of the molecule is CCC(C)N(CC(=O)O)S(=O)(=O)c1cccc(Br)c1. The Hall–Kier alpha value is -0.920. The third kappa shape index (κ3) is 4.02. The van der Waals surface area contributed by atoms with Crippen molar-refractivity contribution in [2.75, 3.05) is 6.54 Å². The van der Waals surface area contributed by atoms with Crippen LogP contribution in [0.3, 0.4) is 0 Å². The number of sulfonamides is 1. The minimum atomic E-state index is -3.81. The van der Waals surface area contributed by atoms with Gasteiger partial charge in [0, 0.05) is 10.5 Å². The zero-order chi connectivity index (χ0) is 14.6. The van der Waals surface area contributed by atoms with Crippen LogP contribution in [0.5, 0.6) is 0 Å². The molecule has 0 radical (unpaired) electrons. The van der Waals surface area contributed by atoms with Crippen molar-refractivity contribution in [3.8, 4) is 0 Å². The molecule has 0 aliphatic heterocycles. The molecule has 1 atom stereocenters. The highest BCUT2D eigenvalue weighted by Gasteiger charge is 2.30. The van der Waals surface area contributed by atoms with E-state index in [2.05, 4.69) is 15.9 Å². The van der Waals surface area contributed by atoms with Crippen LogP contribution in [0.15, 0.2) is 33.6 Å². The third-order valence-electron chi connectivity index (χ3n) is 2.78. The number of aliphatic carboxylic acids is 1. The van der Waals surface area contributed by atoms with Crippen LogP contribution in [0.1, 0.15) is 20.3 Å². The van der Waals surface area contributed by atoms with E-state index >= 15 is 0 Å². The molecule has 19 heavy (non-hydrogen) atoms. The molecule has 7 heteroatoms. The summed E-state index contributed by atoms with van der Waals surface area (Å²) in [5.74, 6) is -1.17. The molecule has 0 amide bonds. The van der Waals surface area contributed by atoms with Crippen LogP contribution >= 0.6 is 15.9 Å². The molecule has 0 saturated heterocycles. The Morgan fingerprint density at radius 2 is 2.11 bits per heavy atom. The zero-order valence-electron chi connectivity index (χ0n) is 10.7. The van der Waals surface area contributed by atoms with Crippen LogP contribution in [0.2, 0.25) is 0 Å². The van der Waals surface area contributed by atoms with Crippen LogP contribution in [-0.4, -0.2) is 36.4 Å². The molecule has 0 aliphatic rings. The van der Waals surface area contributed by atoms with Gasteiger partial charge in [-0.3, -0.25) is 4.79 Å². The summed E-state index contributed by atoms with van der Waals surface area (Å²) in [5, 5.41) is 8.88. The zero-order valence-corrected chi connectivity index (χ0v) is 13.1. The first kappa shape index (κ1) is 16.1. The van der Waals surface area contributed by atoms with E-state index in [1.807, 2.05) is 6.92 Å². The maximum Gasteiger partial charge on any atom is 0.318 e. The maximum atomic E-state index is 12.5. The lowest BCUT2D eigenvalue weighted by atomic mass is 10.2. The van der Waals surface area contributed by atoms with E-state index in [0.717, 1.165) is 4.31 Å². The molecule has 106 valence electrons. The number of hydrogen-bond donors (Lipinski definition) is 1. The molecule has 0 heterocycles. The molecule has 1 aromatic rings. The van der Waals surface area contributed by atoms with Crippen molar-refractivity contribution in [3.63, 3.8) is 0 Å².